The van der Waals surface area contributed by atoms with Gasteiger partial charge in [-0.3, -0.25) is 4.79 Å². The average molecular weight is 393 g/mol. The average Bonchev–Trinajstić information content (AvgIpc) is 2.55. The fourth-order valence-electron chi connectivity index (χ4n) is 2.36. The smallest absolute Gasteiger partial charge is 0.243 e. The van der Waals surface area contributed by atoms with Crippen LogP contribution in [-0.2, 0) is 14.8 Å². The van der Waals surface area contributed by atoms with Crippen LogP contribution in [0.2, 0.25) is 0 Å². The largest absolute Gasteiger partial charge is 0.386 e. The number of benzene rings is 1. The molecule has 1 aromatic rings. The number of hydrogen-bond donors (Lipinski definition) is 3. The predicted molar refractivity (Wildman–Crippen MR) is 105 cm³/mol. The molecule has 0 saturated heterocycles. The van der Waals surface area contributed by atoms with Crippen molar-refractivity contribution in [3.8, 4) is 0 Å². The Morgan fingerprint density at radius 3 is 2.28 bits per heavy atom. The van der Waals surface area contributed by atoms with Crippen molar-refractivity contribution in [3.63, 3.8) is 0 Å². The monoisotopic (exact) mass is 392 g/mol. The quantitative estimate of drug-likeness (QED) is 0.530. The SMILES string of the molecule is CCN(CC)S(=O)(=O)c1ccc(NC)c(NC(=O)CCCNC)c1.Cl. The van der Waals surface area contributed by atoms with Crippen molar-refractivity contribution >= 4 is 39.7 Å². The van der Waals surface area contributed by atoms with Crippen LogP contribution >= 0.6 is 12.4 Å². The molecule has 0 heterocycles. The zero-order valence-electron chi connectivity index (χ0n) is 15.3. The first-order valence-corrected chi connectivity index (χ1v) is 9.61. The normalized spacial score (nSPS) is 11.1. The lowest BCUT2D eigenvalue weighted by Gasteiger charge is -2.20. The summed E-state index contributed by atoms with van der Waals surface area (Å²) in [7, 11) is -0.00247. The summed E-state index contributed by atoms with van der Waals surface area (Å²) in [5.74, 6) is -0.140. The van der Waals surface area contributed by atoms with Crippen molar-refractivity contribution in [3.05, 3.63) is 18.2 Å². The van der Waals surface area contributed by atoms with E-state index in [0.29, 0.717) is 37.3 Å². The molecule has 25 heavy (non-hydrogen) atoms. The molecule has 0 aliphatic rings. The number of carbonyl (C=O) groups excluding carboxylic acids is 1. The summed E-state index contributed by atoms with van der Waals surface area (Å²) in [5, 5.41) is 8.75. The number of anilines is 2. The summed E-state index contributed by atoms with van der Waals surface area (Å²) in [4.78, 5) is 12.2. The van der Waals surface area contributed by atoms with Crippen LogP contribution in [0.3, 0.4) is 0 Å². The summed E-state index contributed by atoms with van der Waals surface area (Å²) in [6.07, 6.45) is 1.09. The van der Waals surface area contributed by atoms with Crippen molar-refractivity contribution in [2.24, 2.45) is 0 Å². The summed E-state index contributed by atoms with van der Waals surface area (Å²) < 4.78 is 26.6. The minimum Gasteiger partial charge on any atom is -0.386 e. The van der Waals surface area contributed by atoms with E-state index in [4.69, 9.17) is 0 Å². The molecule has 0 spiro atoms. The number of nitrogens with one attached hydrogen (secondary N) is 3. The standard InChI is InChI=1S/C16H28N4O3S.ClH/c1-5-20(6-2)24(22,23)13-9-10-14(18-4)15(12-13)19-16(21)8-7-11-17-3;/h9-10,12,17-18H,5-8,11H2,1-4H3,(H,19,21);1H. The summed E-state index contributed by atoms with van der Waals surface area (Å²) in [6, 6.07) is 4.73. The topological polar surface area (TPSA) is 90.5 Å². The molecule has 0 aliphatic heterocycles. The van der Waals surface area contributed by atoms with Gasteiger partial charge in [-0.1, -0.05) is 13.8 Å². The Morgan fingerprint density at radius 1 is 1.12 bits per heavy atom. The Balaban J connectivity index is 0.00000576. The van der Waals surface area contributed by atoms with Crippen LogP contribution in [0.5, 0.6) is 0 Å². The molecule has 0 aliphatic carbocycles. The molecule has 1 rings (SSSR count). The highest BCUT2D eigenvalue weighted by Gasteiger charge is 2.22. The van der Waals surface area contributed by atoms with E-state index in [1.807, 2.05) is 7.05 Å². The highest BCUT2D eigenvalue weighted by molar-refractivity contribution is 7.89. The highest BCUT2D eigenvalue weighted by Crippen LogP contribution is 2.27. The van der Waals surface area contributed by atoms with Gasteiger partial charge in [-0.25, -0.2) is 8.42 Å². The molecular formula is C16H29ClN4O3S. The van der Waals surface area contributed by atoms with Gasteiger partial charge < -0.3 is 16.0 Å². The maximum Gasteiger partial charge on any atom is 0.243 e. The van der Waals surface area contributed by atoms with E-state index in [1.54, 1.807) is 33.0 Å². The van der Waals surface area contributed by atoms with Crippen LogP contribution in [0.15, 0.2) is 23.1 Å². The first-order chi connectivity index (χ1) is 11.4. The van der Waals surface area contributed by atoms with Crippen LogP contribution in [0.4, 0.5) is 11.4 Å². The van der Waals surface area contributed by atoms with E-state index in [1.165, 1.54) is 10.4 Å². The molecule has 0 bridgehead atoms. The molecule has 0 aromatic heterocycles. The lowest BCUT2D eigenvalue weighted by Crippen LogP contribution is -2.30. The fourth-order valence-corrected chi connectivity index (χ4v) is 3.84. The van der Waals surface area contributed by atoms with E-state index >= 15 is 0 Å². The third-order valence-corrected chi connectivity index (χ3v) is 5.75. The van der Waals surface area contributed by atoms with Gasteiger partial charge in [-0.15, -0.1) is 12.4 Å². The fraction of sp³-hybridized carbons (Fsp3) is 0.562. The maximum atomic E-state index is 12.6. The lowest BCUT2D eigenvalue weighted by molar-refractivity contribution is -0.116. The van der Waals surface area contributed by atoms with E-state index in [-0.39, 0.29) is 23.2 Å². The molecule has 1 amide bonds. The van der Waals surface area contributed by atoms with Crippen LogP contribution in [0.25, 0.3) is 0 Å². The van der Waals surface area contributed by atoms with Gasteiger partial charge in [0.15, 0.2) is 0 Å². The zero-order chi connectivity index (χ0) is 18.2. The summed E-state index contributed by atoms with van der Waals surface area (Å²) in [6.45, 7) is 5.15. The number of amides is 1. The van der Waals surface area contributed by atoms with E-state index in [2.05, 4.69) is 16.0 Å². The Labute approximate surface area is 157 Å². The molecule has 144 valence electrons. The Kier molecular flexibility index (Phi) is 10.7. The van der Waals surface area contributed by atoms with E-state index < -0.39 is 10.0 Å². The van der Waals surface area contributed by atoms with Crippen molar-refractivity contribution in [1.29, 1.82) is 0 Å². The number of carbonyl (C=O) groups is 1. The van der Waals surface area contributed by atoms with E-state index in [9.17, 15) is 13.2 Å². The van der Waals surface area contributed by atoms with Gasteiger partial charge in [0.1, 0.15) is 0 Å². The predicted octanol–water partition coefficient (Wildman–Crippen LogP) is 2.12. The number of sulfonamides is 1. The Bertz CT molecular complexity index is 649. The minimum atomic E-state index is -3.56. The van der Waals surface area contributed by atoms with Gasteiger partial charge in [-0.2, -0.15) is 4.31 Å². The minimum absolute atomic E-state index is 0. The van der Waals surface area contributed by atoms with Gasteiger partial charge in [0.05, 0.1) is 16.3 Å². The van der Waals surface area contributed by atoms with Crippen LogP contribution < -0.4 is 16.0 Å². The summed E-state index contributed by atoms with van der Waals surface area (Å²) >= 11 is 0. The van der Waals surface area contributed by atoms with Crippen LogP contribution in [0, 0.1) is 0 Å². The second-order valence-electron chi connectivity index (χ2n) is 5.30. The summed E-state index contributed by atoms with van der Waals surface area (Å²) in [5.41, 5.74) is 1.15. The Hall–Kier alpha value is -1.35. The third kappa shape index (κ3) is 6.47. The molecule has 3 N–H and O–H groups in total. The van der Waals surface area contributed by atoms with Gasteiger partial charge in [0.25, 0.3) is 0 Å². The van der Waals surface area contributed by atoms with Crippen molar-refractivity contribution in [2.75, 3.05) is 44.4 Å². The molecule has 1 aromatic carbocycles. The maximum absolute atomic E-state index is 12.6. The van der Waals surface area contributed by atoms with Gasteiger partial charge in [0, 0.05) is 26.6 Å². The molecule has 9 heteroatoms. The first kappa shape index (κ1) is 23.6. The van der Waals surface area contributed by atoms with Crippen molar-refractivity contribution in [1.82, 2.24) is 9.62 Å². The molecule has 0 radical (unpaired) electrons. The second kappa shape index (κ2) is 11.3. The highest BCUT2D eigenvalue weighted by atomic mass is 35.5. The van der Waals surface area contributed by atoms with E-state index in [0.717, 1.165) is 6.54 Å². The first-order valence-electron chi connectivity index (χ1n) is 8.17. The molecular weight excluding hydrogens is 364 g/mol. The lowest BCUT2D eigenvalue weighted by atomic mass is 10.2. The molecule has 0 unspecified atom stereocenters. The molecule has 0 saturated carbocycles. The number of rotatable bonds is 10. The molecule has 0 atom stereocenters. The number of nitrogens with zero attached hydrogens (tertiary/aromatic N) is 1. The second-order valence-corrected chi connectivity index (χ2v) is 7.24. The van der Waals surface area contributed by atoms with Crippen LogP contribution in [-0.4, -0.2) is 52.4 Å². The van der Waals surface area contributed by atoms with Crippen LogP contribution in [0.1, 0.15) is 26.7 Å². The Morgan fingerprint density at radius 2 is 1.76 bits per heavy atom. The van der Waals surface area contributed by atoms with Gasteiger partial charge in [-0.05, 0) is 38.2 Å². The number of hydrogen-bond acceptors (Lipinski definition) is 5. The van der Waals surface area contributed by atoms with Crippen molar-refractivity contribution in [2.45, 2.75) is 31.6 Å². The zero-order valence-corrected chi connectivity index (χ0v) is 16.9. The number of halogens is 1. The third-order valence-electron chi connectivity index (χ3n) is 3.71. The van der Waals surface area contributed by atoms with Gasteiger partial charge in [0.2, 0.25) is 15.9 Å². The molecule has 7 nitrogen and oxygen atoms in total. The molecule has 0 fully saturated rings. The van der Waals surface area contributed by atoms with Crippen molar-refractivity contribution < 1.29 is 13.2 Å². The van der Waals surface area contributed by atoms with Gasteiger partial charge >= 0.3 is 0 Å².